The minimum Gasteiger partial charge on any atom is -0.354 e. The van der Waals surface area contributed by atoms with Gasteiger partial charge < -0.3 is 9.88 Å². The number of hydrogen-bond acceptors (Lipinski definition) is 4. The van der Waals surface area contributed by atoms with Gasteiger partial charge in [-0.25, -0.2) is 13.4 Å². The van der Waals surface area contributed by atoms with Crippen LogP contribution >= 0.6 is 0 Å². The molecule has 140 valence electrons. The molecule has 1 aliphatic rings. The van der Waals surface area contributed by atoms with Gasteiger partial charge in [0.15, 0.2) is 5.03 Å². The monoisotopic (exact) mass is 376 g/mol. The minimum atomic E-state index is -3.55. The van der Waals surface area contributed by atoms with Gasteiger partial charge in [0, 0.05) is 25.8 Å². The molecule has 0 unspecified atom stereocenters. The molecule has 0 radical (unpaired) electrons. The first-order chi connectivity index (χ1) is 12.5. The lowest BCUT2D eigenvalue weighted by molar-refractivity contribution is -0.121. The van der Waals surface area contributed by atoms with Crippen molar-refractivity contribution in [2.24, 2.45) is 0 Å². The molecule has 1 N–H and O–H groups in total. The second-order valence-corrected chi connectivity index (χ2v) is 8.50. The van der Waals surface area contributed by atoms with E-state index in [-0.39, 0.29) is 23.4 Å². The molecule has 8 heteroatoms. The lowest BCUT2D eigenvalue weighted by atomic mass is 10.0. The van der Waals surface area contributed by atoms with E-state index in [9.17, 15) is 13.2 Å². The minimum absolute atomic E-state index is 0.00449. The van der Waals surface area contributed by atoms with Gasteiger partial charge in [0.2, 0.25) is 5.91 Å². The Morgan fingerprint density at radius 1 is 1.23 bits per heavy atom. The van der Waals surface area contributed by atoms with Crippen LogP contribution < -0.4 is 5.32 Å². The van der Waals surface area contributed by atoms with Crippen LogP contribution in [-0.4, -0.2) is 47.8 Å². The third-order valence-corrected chi connectivity index (χ3v) is 6.36. The number of benzene rings is 1. The van der Waals surface area contributed by atoms with E-state index in [1.165, 1.54) is 21.4 Å². The van der Waals surface area contributed by atoms with Crippen molar-refractivity contribution in [1.29, 1.82) is 0 Å². The predicted molar refractivity (Wildman–Crippen MR) is 98.1 cm³/mol. The van der Waals surface area contributed by atoms with E-state index in [0.717, 1.165) is 18.4 Å². The van der Waals surface area contributed by atoms with Crippen molar-refractivity contribution in [3.05, 3.63) is 48.4 Å². The lowest BCUT2D eigenvalue weighted by Gasteiger charge is -2.13. The molecule has 0 bridgehead atoms. The fourth-order valence-electron chi connectivity index (χ4n) is 3.01. The summed E-state index contributed by atoms with van der Waals surface area (Å²) in [5, 5.41) is 2.89. The molecule has 3 rings (SSSR count). The highest BCUT2D eigenvalue weighted by Gasteiger charge is 2.29. The molecule has 0 spiro atoms. The second-order valence-electron chi connectivity index (χ2n) is 6.61. The third-order valence-electron chi connectivity index (χ3n) is 4.58. The molecule has 0 aliphatic carbocycles. The van der Waals surface area contributed by atoms with E-state index >= 15 is 0 Å². The SMILES string of the molecule is C[C@@H](CNC(=O)Cn1cnc(S(=O)(=O)N2CCCC2)c1)c1ccccc1. The normalized spacial score (nSPS) is 16.5. The highest BCUT2D eigenvalue weighted by atomic mass is 32.2. The Hall–Kier alpha value is -2.19. The van der Waals surface area contributed by atoms with Crippen LogP contribution in [0.4, 0.5) is 0 Å². The molecule has 2 aromatic rings. The summed E-state index contributed by atoms with van der Waals surface area (Å²) >= 11 is 0. The van der Waals surface area contributed by atoms with Crippen molar-refractivity contribution < 1.29 is 13.2 Å². The van der Waals surface area contributed by atoms with E-state index in [1.807, 2.05) is 37.3 Å². The van der Waals surface area contributed by atoms with Gasteiger partial charge in [-0.3, -0.25) is 4.79 Å². The largest absolute Gasteiger partial charge is 0.354 e. The van der Waals surface area contributed by atoms with Gasteiger partial charge in [0.05, 0.1) is 6.33 Å². The number of rotatable bonds is 7. The van der Waals surface area contributed by atoms with E-state index < -0.39 is 10.0 Å². The molecular weight excluding hydrogens is 352 g/mol. The molecular formula is C18H24N4O3S. The van der Waals surface area contributed by atoms with Crippen molar-refractivity contribution in [1.82, 2.24) is 19.2 Å². The Morgan fingerprint density at radius 3 is 2.62 bits per heavy atom. The van der Waals surface area contributed by atoms with Gasteiger partial charge in [0.1, 0.15) is 6.54 Å². The topological polar surface area (TPSA) is 84.3 Å². The molecule has 0 saturated carbocycles. The van der Waals surface area contributed by atoms with Gasteiger partial charge >= 0.3 is 0 Å². The quantitative estimate of drug-likeness (QED) is 0.795. The molecule has 1 saturated heterocycles. The van der Waals surface area contributed by atoms with Gasteiger partial charge in [-0.2, -0.15) is 4.31 Å². The summed E-state index contributed by atoms with van der Waals surface area (Å²) in [7, 11) is -3.55. The van der Waals surface area contributed by atoms with E-state index in [0.29, 0.717) is 19.6 Å². The molecule has 7 nitrogen and oxygen atoms in total. The Bertz CT molecular complexity index is 842. The van der Waals surface area contributed by atoms with Gasteiger partial charge in [-0.1, -0.05) is 37.3 Å². The van der Waals surface area contributed by atoms with Crippen LogP contribution in [0, 0.1) is 0 Å². The summed E-state index contributed by atoms with van der Waals surface area (Å²) in [6.07, 6.45) is 4.57. The first-order valence-corrected chi connectivity index (χ1v) is 10.2. The number of hydrogen-bond donors (Lipinski definition) is 1. The fourth-order valence-corrected chi connectivity index (χ4v) is 4.46. The maximum Gasteiger partial charge on any atom is 0.262 e. The second kappa shape index (κ2) is 8.01. The van der Waals surface area contributed by atoms with Gasteiger partial charge in [0.25, 0.3) is 10.0 Å². The average Bonchev–Trinajstić information content (AvgIpc) is 3.33. The Morgan fingerprint density at radius 2 is 1.92 bits per heavy atom. The molecule has 1 amide bonds. The number of carbonyl (C=O) groups excluding carboxylic acids is 1. The summed E-state index contributed by atoms with van der Waals surface area (Å²) in [6, 6.07) is 9.97. The summed E-state index contributed by atoms with van der Waals surface area (Å²) in [4.78, 5) is 16.1. The number of sulfonamides is 1. The highest BCUT2D eigenvalue weighted by molar-refractivity contribution is 7.89. The maximum atomic E-state index is 12.5. The van der Waals surface area contributed by atoms with Crippen LogP contribution in [0.5, 0.6) is 0 Å². The highest BCUT2D eigenvalue weighted by Crippen LogP contribution is 2.19. The van der Waals surface area contributed by atoms with Gasteiger partial charge in [-0.15, -0.1) is 0 Å². The summed E-state index contributed by atoms with van der Waals surface area (Å²) in [5.74, 6) is 0.0318. The number of amides is 1. The maximum absolute atomic E-state index is 12.5. The standard InChI is InChI=1S/C18H24N4O3S/c1-15(16-7-3-2-4-8-16)11-19-17(23)12-21-13-18(20-14-21)26(24,25)22-9-5-6-10-22/h2-4,7-8,13-15H,5-6,9-12H2,1H3,(H,19,23)/t15-/m0/s1. The number of imidazole rings is 1. The molecule has 1 aliphatic heterocycles. The predicted octanol–water partition coefficient (Wildman–Crippen LogP) is 1.59. The Kier molecular flexibility index (Phi) is 5.73. The summed E-state index contributed by atoms with van der Waals surface area (Å²) < 4.78 is 27.9. The first kappa shape index (κ1) is 18.6. The zero-order valence-corrected chi connectivity index (χ0v) is 15.7. The number of nitrogens with zero attached hydrogens (tertiary/aromatic N) is 3. The Balaban J connectivity index is 1.54. The number of nitrogens with one attached hydrogen (secondary N) is 1. The van der Waals surface area contributed by atoms with Crippen molar-refractivity contribution in [3.63, 3.8) is 0 Å². The van der Waals surface area contributed by atoms with Crippen LogP contribution in [0.15, 0.2) is 47.9 Å². The van der Waals surface area contributed by atoms with Crippen molar-refractivity contribution >= 4 is 15.9 Å². The molecule has 1 aromatic carbocycles. The first-order valence-electron chi connectivity index (χ1n) is 8.80. The van der Waals surface area contributed by atoms with Gasteiger partial charge in [-0.05, 0) is 24.3 Å². The molecule has 26 heavy (non-hydrogen) atoms. The summed E-state index contributed by atoms with van der Waals surface area (Å²) in [5.41, 5.74) is 1.16. The van der Waals surface area contributed by atoms with Crippen LogP contribution in [0.1, 0.15) is 31.2 Å². The lowest BCUT2D eigenvalue weighted by Crippen LogP contribution is -2.30. The average molecular weight is 376 g/mol. The third kappa shape index (κ3) is 4.31. The Labute approximate surface area is 154 Å². The number of carbonyl (C=O) groups is 1. The fraction of sp³-hybridized carbons (Fsp3) is 0.444. The zero-order chi connectivity index (χ0) is 18.6. The van der Waals surface area contributed by atoms with Crippen LogP contribution in [-0.2, 0) is 21.4 Å². The van der Waals surface area contributed by atoms with Crippen LogP contribution in [0.25, 0.3) is 0 Å². The van der Waals surface area contributed by atoms with E-state index in [4.69, 9.17) is 0 Å². The zero-order valence-electron chi connectivity index (χ0n) is 14.8. The molecule has 2 heterocycles. The molecule has 1 atom stereocenters. The smallest absolute Gasteiger partial charge is 0.262 e. The molecule has 1 fully saturated rings. The van der Waals surface area contributed by atoms with E-state index in [2.05, 4.69) is 10.3 Å². The number of aromatic nitrogens is 2. The van der Waals surface area contributed by atoms with Crippen molar-refractivity contribution in [2.45, 2.75) is 37.3 Å². The summed E-state index contributed by atoms with van der Waals surface area (Å²) in [6.45, 7) is 3.69. The van der Waals surface area contributed by atoms with Crippen molar-refractivity contribution in [3.8, 4) is 0 Å². The van der Waals surface area contributed by atoms with Crippen LogP contribution in [0.2, 0.25) is 0 Å². The van der Waals surface area contributed by atoms with Crippen molar-refractivity contribution in [2.75, 3.05) is 19.6 Å². The molecule has 1 aromatic heterocycles. The van der Waals surface area contributed by atoms with E-state index in [1.54, 1.807) is 0 Å². The van der Waals surface area contributed by atoms with Crippen LogP contribution in [0.3, 0.4) is 0 Å².